The van der Waals surface area contributed by atoms with Gasteiger partial charge in [-0.1, -0.05) is 11.6 Å². The highest BCUT2D eigenvalue weighted by molar-refractivity contribution is 6.32. The molecule has 0 saturated heterocycles. The summed E-state index contributed by atoms with van der Waals surface area (Å²) in [7, 11) is 3.59. The van der Waals surface area contributed by atoms with E-state index in [2.05, 4.69) is 10.3 Å². The molecule has 1 aromatic carbocycles. The first-order valence-corrected chi connectivity index (χ1v) is 8.87. The van der Waals surface area contributed by atoms with Crippen molar-refractivity contribution in [2.24, 2.45) is 0 Å². The molecule has 0 fully saturated rings. The highest BCUT2D eigenvalue weighted by Crippen LogP contribution is 2.27. The van der Waals surface area contributed by atoms with Gasteiger partial charge in [0, 0.05) is 11.8 Å². The number of quaternary nitrogens is 1. The van der Waals surface area contributed by atoms with E-state index in [1.807, 2.05) is 39.1 Å². The van der Waals surface area contributed by atoms with Crippen molar-refractivity contribution < 1.29 is 19.2 Å². The van der Waals surface area contributed by atoms with Gasteiger partial charge in [0.2, 0.25) is 0 Å². The molecule has 2 N–H and O–H groups in total. The van der Waals surface area contributed by atoms with Crippen LogP contribution in [0.1, 0.15) is 19.4 Å². The molecule has 0 aliphatic carbocycles. The quantitative estimate of drug-likeness (QED) is 0.691. The highest BCUT2D eigenvalue weighted by atomic mass is 35.5. The molecule has 2 aromatic rings. The lowest BCUT2D eigenvalue weighted by Gasteiger charge is -2.21. The topological polar surface area (TPSA) is 64.9 Å². The average molecular weight is 379 g/mol. The number of hydrogen-bond donors (Lipinski definition) is 2. The van der Waals surface area contributed by atoms with Gasteiger partial charge >= 0.3 is 0 Å². The largest absolute Gasteiger partial charge is 0.493 e. The van der Waals surface area contributed by atoms with Gasteiger partial charge in [0.05, 0.1) is 26.5 Å². The van der Waals surface area contributed by atoms with E-state index in [-0.39, 0.29) is 17.1 Å². The van der Waals surface area contributed by atoms with Crippen molar-refractivity contribution in [2.45, 2.75) is 26.4 Å². The lowest BCUT2D eigenvalue weighted by molar-refractivity contribution is -0.907. The molecular formula is C19H25ClN3O3+. The van der Waals surface area contributed by atoms with Gasteiger partial charge in [-0.2, -0.15) is 0 Å². The van der Waals surface area contributed by atoms with Gasteiger partial charge in [0.15, 0.2) is 22.7 Å². The summed E-state index contributed by atoms with van der Waals surface area (Å²) in [6.07, 6.45) is 1.58. The lowest BCUT2D eigenvalue weighted by atomic mass is 10.1. The summed E-state index contributed by atoms with van der Waals surface area (Å²) in [6, 6.07) is 9.01. The molecule has 140 valence electrons. The predicted molar refractivity (Wildman–Crippen MR) is 102 cm³/mol. The number of carbonyl (C=O) groups excluding carboxylic acids is 1. The van der Waals surface area contributed by atoms with Crippen LogP contribution >= 0.6 is 11.6 Å². The zero-order valence-electron chi connectivity index (χ0n) is 15.5. The van der Waals surface area contributed by atoms with E-state index in [4.69, 9.17) is 21.1 Å². The molecule has 0 spiro atoms. The molecule has 0 saturated carbocycles. The summed E-state index contributed by atoms with van der Waals surface area (Å²) >= 11 is 6.00. The highest BCUT2D eigenvalue weighted by Gasteiger charge is 2.23. The molecule has 1 heterocycles. The van der Waals surface area contributed by atoms with E-state index in [1.165, 1.54) is 0 Å². The first-order chi connectivity index (χ1) is 12.5. The minimum Gasteiger partial charge on any atom is -0.493 e. The van der Waals surface area contributed by atoms with Crippen molar-refractivity contribution in [1.82, 2.24) is 4.98 Å². The molecule has 1 aromatic heterocycles. The monoisotopic (exact) mass is 378 g/mol. The third-order valence-corrected chi connectivity index (χ3v) is 4.46. The van der Waals surface area contributed by atoms with Crippen LogP contribution in [0.15, 0.2) is 36.5 Å². The first kappa shape index (κ1) is 20.0. The van der Waals surface area contributed by atoms with Gasteiger partial charge in [-0.05, 0) is 44.2 Å². The number of anilines is 1. The van der Waals surface area contributed by atoms with Crippen LogP contribution in [-0.2, 0) is 11.3 Å². The number of ether oxygens (including phenoxy) is 2. The van der Waals surface area contributed by atoms with Gasteiger partial charge in [0.1, 0.15) is 6.54 Å². The Labute approximate surface area is 159 Å². The van der Waals surface area contributed by atoms with E-state index in [9.17, 15) is 4.79 Å². The van der Waals surface area contributed by atoms with Crippen molar-refractivity contribution in [3.8, 4) is 11.5 Å². The Morgan fingerprint density at radius 2 is 2.12 bits per heavy atom. The minimum atomic E-state index is -0.274. The molecule has 0 bridgehead atoms. The number of methoxy groups -OCH3 is 1. The number of carbonyl (C=O) groups is 1. The number of pyridine rings is 1. The number of benzene rings is 1. The molecule has 1 amide bonds. The zero-order chi connectivity index (χ0) is 19.1. The zero-order valence-corrected chi connectivity index (χ0v) is 16.3. The molecule has 7 heteroatoms. The summed E-state index contributed by atoms with van der Waals surface area (Å²) in [5.41, 5.74) is 1.57. The number of aromatic nitrogens is 1. The van der Waals surface area contributed by atoms with Crippen LogP contribution in [0.4, 0.5) is 5.69 Å². The average Bonchev–Trinajstić information content (AvgIpc) is 2.64. The summed E-state index contributed by atoms with van der Waals surface area (Å²) in [6.45, 7) is 5.05. The summed E-state index contributed by atoms with van der Waals surface area (Å²) < 4.78 is 10.9. The predicted octanol–water partition coefficient (Wildman–Crippen LogP) is 2.18. The van der Waals surface area contributed by atoms with E-state index in [0.29, 0.717) is 30.3 Å². The van der Waals surface area contributed by atoms with Crippen LogP contribution in [0.5, 0.6) is 11.5 Å². The second kappa shape index (κ2) is 9.40. The fourth-order valence-electron chi connectivity index (χ4n) is 2.52. The number of hydrogen-bond acceptors (Lipinski definition) is 4. The van der Waals surface area contributed by atoms with E-state index >= 15 is 0 Å². The number of rotatable bonds is 8. The van der Waals surface area contributed by atoms with Crippen LogP contribution in [0, 0.1) is 0 Å². The molecule has 0 radical (unpaired) electrons. The third kappa shape index (κ3) is 5.09. The van der Waals surface area contributed by atoms with Crippen LogP contribution in [0.3, 0.4) is 0 Å². The number of nitrogens with one attached hydrogen (secondary N) is 2. The van der Waals surface area contributed by atoms with Crippen molar-refractivity contribution in [3.05, 3.63) is 47.2 Å². The van der Waals surface area contributed by atoms with Crippen LogP contribution in [0.25, 0.3) is 0 Å². The second-order valence-electron chi connectivity index (χ2n) is 5.99. The normalized spacial score (nSPS) is 13.0. The van der Waals surface area contributed by atoms with Gasteiger partial charge in [-0.15, -0.1) is 0 Å². The Balaban J connectivity index is 2.03. The second-order valence-corrected chi connectivity index (χ2v) is 6.35. The maximum absolute atomic E-state index is 12.5. The van der Waals surface area contributed by atoms with Crippen molar-refractivity contribution >= 4 is 23.2 Å². The van der Waals surface area contributed by atoms with Crippen molar-refractivity contribution in [2.75, 3.05) is 26.1 Å². The Hall–Kier alpha value is -2.31. The summed E-state index contributed by atoms with van der Waals surface area (Å²) in [4.78, 5) is 17.5. The fraction of sp³-hybridized carbons (Fsp3) is 0.368. The molecule has 6 nitrogen and oxygen atoms in total. The van der Waals surface area contributed by atoms with Crippen LogP contribution in [0.2, 0.25) is 5.15 Å². The molecule has 1 unspecified atom stereocenters. The molecule has 2 atom stereocenters. The Morgan fingerprint density at radius 1 is 1.35 bits per heavy atom. The van der Waals surface area contributed by atoms with Crippen molar-refractivity contribution in [3.63, 3.8) is 0 Å². The number of nitrogens with zero attached hydrogens (tertiary/aromatic N) is 1. The summed E-state index contributed by atoms with van der Waals surface area (Å²) in [5, 5.41) is 3.11. The Bertz CT molecular complexity index is 755. The number of amides is 1. The van der Waals surface area contributed by atoms with E-state index in [1.54, 1.807) is 25.4 Å². The first-order valence-electron chi connectivity index (χ1n) is 8.49. The van der Waals surface area contributed by atoms with E-state index in [0.717, 1.165) is 10.5 Å². The Kier molecular flexibility index (Phi) is 7.24. The minimum absolute atomic E-state index is 0.115. The Morgan fingerprint density at radius 3 is 2.77 bits per heavy atom. The maximum Gasteiger partial charge on any atom is 0.282 e. The maximum atomic E-state index is 12.5. The summed E-state index contributed by atoms with van der Waals surface area (Å²) in [5.74, 6) is 1.29. The molecule has 26 heavy (non-hydrogen) atoms. The SMILES string of the molecule is CCOc1ccc(C[NH+](C)[C@@H](C)C(=O)Nc2cccnc2Cl)cc1OC. The van der Waals surface area contributed by atoms with Crippen LogP contribution in [-0.4, -0.2) is 37.7 Å². The third-order valence-electron chi connectivity index (χ3n) is 4.16. The number of likely N-dealkylation sites (N-methyl/N-ethyl adjacent to an activating group) is 1. The van der Waals surface area contributed by atoms with Crippen molar-refractivity contribution in [1.29, 1.82) is 0 Å². The van der Waals surface area contributed by atoms with Gasteiger partial charge in [-0.3, -0.25) is 4.79 Å². The van der Waals surface area contributed by atoms with Gasteiger partial charge in [-0.25, -0.2) is 4.98 Å². The lowest BCUT2D eigenvalue weighted by Crippen LogP contribution is -3.12. The van der Waals surface area contributed by atoms with Gasteiger partial charge < -0.3 is 19.7 Å². The fourth-order valence-corrected chi connectivity index (χ4v) is 2.68. The molecular weight excluding hydrogens is 354 g/mol. The van der Waals surface area contributed by atoms with E-state index < -0.39 is 0 Å². The number of halogens is 1. The smallest absolute Gasteiger partial charge is 0.282 e. The molecule has 0 aliphatic heterocycles. The molecule has 2 rings (SSSR count). The molecule has 0 aliphatic rings. The van der Waals surface area contributed by atoms with Gasteiger partial charge in [0.25, 0.3) is 5.91 Å². The standard InChI is InChI=1S/C19H24ClN3O3/c1-5-26-16-9-8-14(11-17(16)25-4)12-23(3)13(2)19(24)22-15-7-6-10-21-18(15)20/h6-11,13H,5,12H2,1-4H3,(H,22,24)/p+1/t13-/m0/s1. The van der Waals surface area contributed by atoms with Crippen LogP contribution < -0.4 is 19.7 Å².